The molecule has 2 N–H and O–H groups in total. The van der Waals surface area contributed by atoms with Gasteiger partial charge >= 0.3 is 11.9 Å². The number of hydrogen-bond donors (Lipinski definition) is 2. The van der Waals surface area contributed by atoms with Crippen LogP contribution in [0.2, 0.25) is 0 Å². The van der Waals surface area contributed by atoms with E-state index in [2.05, 4.69) is 12.1 Å². The molecule has 36 heavy (non-hydrogen) atoms. The second-order valence-electron chi connectivity index (χ2n) is 9.59. The van der Waals surface area contributed by atoms with Crippen LogP contribution in [0.5, 0.6) is 0 Å². The van der Waals surface area contributed by atoms with E-state index < -0.39 is 36.4 Å². The number of rotatable bonds is 14. The van der Waals surface area contributed by atoms with Gasteiger partial charge in [-0.3, -0.25) is 4.79 Å². The third-order valence-corrected chi connectivity index (χ3v) is 7.85. The Labute approximate surface area is 215 Å². The number of alkyl halides is 2. The molecule has 0 bridgehead atoms. The van der Waals surface area contributed by atoms with Gasteiger partial charge in [0.1, 0.15) is 4.88 Å². The van der Waals surface area contributed by atoms with Crippen LogP contribution in [0.4, 0.5) is 8.78 Å². The molecule has 1 amide bonds. The molecule has 1 saturated heterocycles. The molecule has 0 spiro atoms. The highest BCUT2D eigenvalue weighted by molar-refractivity contribution is 7.13. The van der Waals surface area contributed by atoms with Crippen LogP contribution >= 0.6 is 11.3 Å². The van der Waals surface area contributed by atoms with Gasteiger partial charge in [-0.25, -0.2) is 4.79 Å². The zero-order valence-corrected chi connectivity index (χ0v) is 21.4. The van der Waals surface area contributed by atoms with E-state index in [0.717, 1.165) is 48.3 Å². The van der Waals surface area contributed by atoms with Crippen LogP contribution in [0.1, 0.15) is 65.6 Å². The second kappa shape index (κ2) is 13.1. The van der Waals surface area contributed by atoms with E-state index in [4.69, 9.17) is 5.11 Å². The van der Waals surface area contributed by atoms with Crippen molar-refractivity contribution in [2.24, 2.45) is 5.92 Å². The van der Waals surface area contributed by atoms with Gasteiger partial charge in [-0.05, 0) is 55.7 Å². The summed E-state index contributed by atoms with van der Waals surface area (Å²) in [7, 11) is 0. The summed E-state index contributed by atoms with van der Waals surface area (Å²) < 4.78 is 28.3. The number of aromatic carboxylic acids is 1. The number of hydrogen-bond acceptors (Lipinski definition) is 4. The minimum atomic E-state index is -3.41. The molecule has 1 aliphatic heterocycles. The second-order valence-corrected chi connectivity index (χ2v) is 10.8. The largest absolute Gasteiger partial charge is 0.477 e. The Kier molecular flexibility index (Phi) is 10.2. The first kappa shape index (κ1) is 28.0. The summed E-state index contributed by atoms with van der Waals surface area (Å²) in [4.78, 5) is 25.5. The van der Waals surface area contributed by atoms with Crippen molar-refractivity contribution in [3.05, 3.63) is 69.9 Å². The maximum atomic E-state index is 14.2. The number of aliphatic hydroxyl groups excluding tert-OH is 1. The third-order valence-electron chi connectivity index (χ3n) is 6.72. The molecule has 1 aliphatic rings. The lowest BCUT2D eigenvalue weighted by atomic mass is 9.95. The summed E-state index contributed by atoms with van der Waals surface area (Å²) in [5.41, 5.74) is 1.32. The number of likely N-dealkylation sites (tertiary alicyclic amines) is 1. The summed E-state index contributed by atoms with van der Waals surface area (Å²) in [6.45, 7) is 2.10. The van der Waals surface area contributed by atoms with Crippen LogP contribution in [0.15, 0.2) is 54.6 Å². The van der Waals surface area contributed by atoms with Crippen molar-refractivity contribution in [3.8, 4) is 0 Å². The van der Waals surface area contributed by atoms with Gasteiger partial charge in [-0.15, -0.1) is 11.3 Å². The number of aryl methyl sites for hydroxylation is 2. The Morgan fingerprint density at radius 3 is 2.58 bits per heavy atom. The predicted octanol–water partition coefficient (Wildman–Crippen LogP) is 5.97. The minimum Gasteiger partial charge on any atom is -0.477 e. The fourth-order valence-corrected chi connectivity index (χ4v) is 5.42. The van der Waals surface area contributed by atoms with Crippen LogP contribution in [0.3, 0.4) is 0 Å². The topological polar surface area (TPSA) is 77.8 Å². The number of aliphatic hydroxyl groups is 1. The number of carboxylic acid groups (broad SMARTS) is 1. The zero-order chi connectivity index (χ0) is 26.1. The zero-order valence-electron chi connectivity index (χ0n) is 20.6. The van der Waals surface area contributed by atoms with Crippen molar-refractivity contribution in [1.82, 2.24) is 4.90 Å². The first-order valence-electron chi connectivity index (χ1n) is 12.6. The van der Waals surface area contributed by atoms with Crippen LogP contribution in [0, 0.1) is 5.92 Å². The van der Waals surface area contributed by atoms with E-state index >= 15 is 0 Å². The summed E-state index contributed by atoms with van der Waals surface area (Å²) in [5.74, 6) is -5.60. The Bertz CT molecular complexity index is 1020. The van der Waals surface area contributed by atoms with Crippen LogP contribution < -0.4 is 0 Å². The number of nitrogens with zero attached hydrogens (tertiary/aromatic N) is 1. The molecule has 5 nitrogen and oxygen atoms in total. The Morgan fingerprint density at radius 1 is 1.14 bits per heavy atom. The molecule has 0 radical (unpaired) electrons. The van der Waals surface area contributed by atoms with E-state index in [1.54, 1.807) is 18.2 Å². The fourth-order valence-electron chi connectivity index (χ4n) is 4.53. The molecule has 8 heteroatoms. The van der Waals surface area contributed by atoms with Crippen LogP contribution in [-0.4, -0.2) is 51.6 Å². The van der Waals surface area contributed by atoms with Gasteiger partial charge in [0.05, 0.1) is 12.1 Å². The SMILES string of the molecule is CC(CCCCCc1ccccc1)C(O)/C=C/C1CC(F)(F)C(=O)N1CCCc1ccc(C(=O)O)s1. The van der Waals surface area contributed by atoms with Gasteiger partial charge in [0.25, 0.3) is 5.91 Å². The Hall–Kier alpha value is -2.58. The van der Waals surface area contributed by atoms with Crippen LogP contribution in [-0.2, 0) is 17.6 Å². The predicted molar refractivity (Wildman–Crippen MR) is 138 cm³/mol. The molecule has 3 atom stereocenters. The molecule has 2 aromatic rings. The van der Waals surface area contributed by atoms with E-state index in [9.17, 15) is 23.5 Å². The van der Waals surface area contributed by atoms with Crippen molar-refractivity contribution < 1.29 is 28.6 Å². The number of carbonyl (C=O) groups excluding carboxylic acids is 1. The van der Waals surface area contributed by atoms with Crippen molar-refractivity contribution in [3.63, 3.8) is 0 Å². The van der Waals surface area contributed by atoms with Crippen molar-refractivity contribution in [2.45, 2.75) is 76.4 Å². The highest BCUT2D eigenvalue weighted by Gasteiger charge is 2.52. The maximum Gasteiger partial charge on any atom is 0.345 e. The van der Waals surface area contributed by atoms with Gasteiger partial charge < -0.3 is 15.1 Å². The van der Waals surface area contributed by atoms with E-state index in [-0.39, 0.29) is 17.3 Å². The summed E-state index contributed by atoms with van der Waals surface area (Å²) in [6, 6.07) is 12.8. The lowest BCUT2D eigenvalue weighted by Crippen LogP contribution is -2.36. The first-order valence-corrected chi connectivity index (χ1v) is 13.4. The van der Waals surface area contributed by atoms with E-state index in [0.29, 0.717) is 12.8 Å². The number of amides is 1. The molecule has 3 unspecified atom stereocenters. The quantitative estimate of drug-likeness (QED) is 0.238. The lowest BCUT2D eigenvalue weighted by molar-refractivity contribution is -0.148. The summed E-state index contributed by atoms with van der Waals surface area (Å²) >= 11 is 1.15. The lowest BCUT2D eigenvalue weighted by Gasteiger charge is -2.22. The number of halogens is 2. The number of unbranched alkanes of at least 4 members (excludes halogenated alkanes) is 2. The number of carbonyl (C=O) groups is 2. The normalized spacial score (nSPS) is 19.2. The first-order chi connectivity index (χ1) is 17.2. The Balaban J connectivity index is 1.44. The fraction of sp³-hybridized carbons (Fsp3) is 0.500. The van der Waals surface area contributed by atoms with Crippen molar-refractivity contribution in [1.29, 1.82) is 0 Å². The van der Waals surface area contributed by atoms with Gasteiger partial charge in [0.2, 0.25) is 0 Å². The molecule has 0 saturated carbocycles. The van der Waals surface area contributed by atoms with Crippen molar-refractivity contribution >= 4 is 23.2 Å². The number of thiophene rings is 1. The van der Waals surface area contributed by atoms with Gasteiger partial charge in [0.15, 0.2) is 0 Å². The molecule has 1 aromatic heterocycles. The Morgan fingerprint density at radius 2 is 1.89 bits per heavy atom. The average Bonchev–Trinajstić information content (AvgIpc) is 3.41. The molecule has 196 valence electrons. The average molecular weight is 520 g/mol. The smallest absolute Gasteiger partial charge is 0.345 e. The van der Waals surface area contributed by atoms with E-state index in [1.165, 1.54) is 16.5 Å². The van der Waals surface area contributed by atoms with Gasteiger partial charge in [-0.2, -0.15) is 8.78 Å². The molecular formula is C28H35F2NO4S. The number of carboxylic acids is 1. The highest BCUT2D eigenvalue weighted by Crippen LogP contribution is 2.34. The van der Waals surface area contributed by atoms with Crippen molar-refractivity contribution in [2.75, 3.05) is 6.54 Å². The molecule has 2 heterocycles. The van der Waals surface area contributed by atoms with Gasteiger partial charge in [0, 0.05) is 17.8 Å². The summed E-state index contributed by atoms with van der Waals surface area (Å²) in [5, 5.41) is 19.6. The number of benzene rings is 1. The molecule has 1 fully saturated rings. The monoisotopic (exact) mass is 519 g/mol. The molecule has 3 rings (SSSR count). The van der Waals surface area contributed by atoms with Gasteiger partial charge in [-0.1, -0.05) is 62.2 Å². The maximum absolute atomic E-state index is 14.2. The molecule has 0 aliphatic carbocycles. The molecule has 1 aromatic carbocycles. The van der Waals surface area contributed by atoms with Crippen LogP contribution in [0.25, 0.3) is 0 Å². The summed E-state index contributed by atoms with van der Waals surface area (Å²) in [6.07, 6.45) is 7.70. The van der Waals surface area contributed by atoms with E-state index in [1.807, 2.05) is 25.1 Å². The molecular weight excluding hydrogens is 484 g/mol. The standard InChI is InChI=1S/C28H35F2NO4S/c1-20(9-4-2-5-10-21-11-6-3-7-12-21)24(32)16-14-22-19-28(29,30)27(35)31(22)18-8-13-23-15-17-25(36-23)26(33)34/h3,6-7,11-12,14-17,20,22,24,32H,2,4-5,8-10,13,18-19H2,1H3,(H,33,34)/b16-14+. The minimum absolute atomic E-state index is 0.00806. The highest BCUT2D eigenvalue weighted by atomic mass is 32.1. The third kappa shape index (κ3) is 7.96.